The van der Waals surface area contributed by atoms with Gasteiger partial charge in [0.2, 0.25) is 5.91 Å². The van der Waals surface area contributed by atoms with E-state index in [0.717, 1.165) is 11.1 Å². The fourth-order valence-electron chi connectivity index (χ4n) is 2.28. The van der Waals surface area contributed by atoms with Gasteiger partial charge in [0.15, 0.2) is 0 Å². The van der Waals surface area contributed by atoms with Crippen molar-refractivity contribution in [2.45, 2.75) is 25.3 Å². The third kappa shape index (κ3) is 4.72. The van der Waals surface area contributed by atoms with Gasteiger partial charge in [0.05, 0.1) is 6.04 Å². The summed E-state index contributed by atoms with van der Waals surface area (Å²) in [5, 5.41) is 11.9. The second kappa shape index (κ2) is 8.22. The van der Waals surface area contributed by atoms with Crippen LogP contribution in [0.4, 0.5) is 0 Å². The lowest BCUT2D eigenvalue weighted by Crippen LogP contribution is -2.29. The topological polar surface area (TPSA) is 49.3 Å². The third-order valence-corrected chi connectivity index (χ3v) is 3.38. The van der Waals surface area contributed by atoms with E-state index in [-0.39, 0.29) is 18.6 Å². The van der Waals surface area contributed by atoms with Gasteiger partial charge in [0, 0.05) is 13.0 Å². The van der Waals surface area contributed by atoms with Crippen molar-refractivity contribution in [2.24, 2.45) is 0 Å². The van der Waals surface area contributed by atoms with E-state index in [1.54, 1.807) is 0 Å². The molecule has 3 nitrogen and oxygen atoms in total. The molecule has 0 atom stereocenters. The molecule has 110 valence electrons. The minimum atomic E-state index is -0.131. The molecular weight excluding hydrogens is 262 g/mol. The Balaban J connectivity index is 2.12. The van der Waals surface area contributed by atoms with Gasteiger partial charge in [-0.2, -0.15) is 0 Å². The van der Waals surface area contributed by atoms with Gasteiger partial charge in [-0.05, 0) is 24.0 Å². The Hall–Kier alpha value is -2.13. The SMILES string of the molecule is O=C(CCCCO)NC(c1ccccc1)c1ccccc1. The van der Waals surface area contributed by atoms with E-state index in [9.17, 15) is 4.79 Å². The largest absolute Gasteiger partial charge is 0.396 e. The molecule has 21 heavy (non-hydrogen) atoms. The number of aliphatic hydroxyl groups excluding tert-OH is 1. The molecule has 0 spiro atoms. The quantitative estimate of drug-likeness (QED) is 0.767. The first-order valence-electron chi connectivity index (χ1n) is 7.31. The van der Waals surface area contributed by atoms with Gasteiger partial charge in [-0.1, -0.05) is 60.7 Å². The first-order chi connectivity index (χ1) is 10.3. The lowest BCUT2D eigenvalue weighted by Gasteiger charge is -2.20. The van der Waals surface area contributed by atoms with Crippen molar-refractivity contribution in [3.8, 4) is 0 Å². The summed E-state index contributed by atoms with van der Waals surface area (Å²) in [5.74, 6) is 0.0150. The molecule has 0 unspecified atom stereocenters. The van der Waals surface area contributed by atoms with Crippen molar-refractivity contribution in [2.75, 3.05) is 6.61 Å². The van der Waals surface area contributed by atoms with E-state index in [2.05, 4.69) is 5.32 Å². The fourth-order valence-corrected chi connectivity index (χ4v) is 2.28. The van der Waals surface area contributed by atoms with Crippen LogP contribution in [-0.4, -0.2) is 17.6 Å². The normalized spacial score (nSPS) is 10.6. The molecule has 0 saturated heterocycles. The zero-order valence-corrected chi connectivity index (χ0v) is 12.0. The van der Waals surface area contributed by atoms with E-state index < -0.39 is 0 Å². The Kier molecular flexibility index (Phi) is 5.98. The van der Waals surface area contributed by atoms with Gasteiger partial charge in [-0.25, -0.2) is 0 Å². The second-order valence-electron chi connectivity index (χ2n) is 5.00. The molecule has 3 heteroatoms. The van der Waals surface area contributed by atoms with E-state index in [1.165, 1.54) is 0 Å². The maximum absolute atomic E-state index is 12.1. The lowest BCUT2D eigenvalue weighted by atomic mass is 9.98. The highest BCUT2D eigenvalue weighted by Crippen LogP contribution is 2.21. The number of nitrogens with one attached hydrogen (secondary N) is 1. The lowest BCUT2D eigenvalue weighted by molar-refractivity contribution is -0.121. The molecule has 0 heterocycles. The number of carbonyl (C=O) groups excluding carboxylic acids is 1. The van der Waals surface area contributed by atoms with Crippen LogP contribution in [0.1, 0.15) is 36.4 Å². The first-order valence-corrected chi connectivity index (χ1v) is 7.31. The van der Waals surface area contributed by atoms with Gasteiger partial charge >= 0.3 is 0 Å². The predicted molar refractivity (Wildman–Crippen MR) is 83.8 cm³/mol. The summed E-state index contributed by atoms with van der Waals surface area (Å²) < 4.78 is 0. The third-order valence-electron chi connectivity index (χ3n) is 3.38. The van der Waals surface area contributed by atoms with Crippen molar-refractivity contribution in [1.29, 1.82) is 0 Å². The van der Waals surface area contributed by atoms with Crippen molar-refractivity contribution in [1.82, 2.24) is 5.32 Å². The summed E-state index contributed by atoms with van der Waals surface area (Å²) in [4.78, 5) is 12.1. The van der Waals surface area contributed by atoms with Crippen LogP contribution >= 0.6 is 0 Å². The van der Waals surface area contributed by atoms with Gasteiger partial charge < -0.3 is 10.4 Å². The number of hydrogen-bond acceptors (Lipinski definition) is 2. The number of aliphatic hydroxyl groups is 1. The maximum Gasteiger partial charge on any atom is 0.220 e. The molecule has 0 aliphatic heterocycles. The summed E-state index contributed by atoms with van der Waals surface area (Å²) in [6, 6.07) is 19.8. The highest BCUT2D eigenvalue weighted by atomic mass is 16.2. The zero-order valence-electron chi connectivity index (χ0n) is 12.0. The number of unbranched alkanes of at least 4 members (excludes halogenated alkanes) is 1. The standard InChI is InChI=1S/C18H21NO2/c20-14-8-7-13-17(21)19-18(15-9-3-1-4-10-15)16-11-5-2-6-12-16/h1-6,9-12,18,20H,7-8,13-14H2,(H,19,21). The van der Waals surface area contributed by atoms with Gasteiger partial charge in [-0.3, -0.25) is 4.79 Å². The fraction of sp³-hybridized carbons (Fsp3) is 0.278. The Bertz CT molecular complexity index is 500. The molecule has 2 rings (SSSR count). The molecule has 0 fully saturated rings. The predicted octanol–water partition coefficient (Wildman–Crippen LogP) is 3.05. The summed E-state index contributed by atoms with van der Waals surface area (Å²) in [5.41, 5.74) is 2.14. The number of hydrogen-bond donors (Lipinski definition) is 2. The number of rotatable bonds is 7. The highest BCUT2D eigenvalue weighted by molar-refractivity contribution is 5.77. The first kappa shape index (κ1) is 15.3. The molecule has 0 aromatic heterocycles. The number of amides is 1. The second-order valence-corrected chi connectivity index (χ2v) is 5.00. The average Bonchev–Trinajstić information content (AvgIpc) is 2.54. The van der Waals surface area contributed by atoms with Crippen molar-refractivity contribution >= 4 is 5.91 Å². The molecule has 2 aromatic carbocycles. The Morgan fingerprint density at radius 2 is 1.43 bits per heavy atom. The van der Waals surface area contributed by atoms with Crippen LogP contribution < -0.4 is 5.32 Å². The zero-order chi connectivity index (χ0) is 14.9. The summed E-state index contributed by atoms with van der Waals surface area (Å²) in [7, 11) is 0. The van der Waals surface area contributed by atoms with Gasteiger partial charge in [0.25, 0.3) is 0 Å². The van der Waals surface area contributed by atoms with Gasteiger partial charge in [0.1, 0.15) is 0 Å². The molecule has 0 aliphatic carbocycles. The minimum Gasteiger partial charge on any atom is -0.396 e. The number of carbonyl (C=O) groups is 1. The molecule has 0 saturated carbocycles. The summed E-state index contributed by atoms with van der Waals surface area (Å²) in [6.45, 7) is 0.133. The Morgan fingerprint density at radius 1 is 0.905 bits per heavy atom. The molecule has 2 aromatic rings. The molecular formula is C18H21NO2. The van der Waals surface area contributed by atoms with E-state index >= 15 is 0 Å². The van der Waals surface area contributed by atoms with Crippen molar-refractivity contribution in [3.63, 3.8) is 0 Å². The van der Waals surface area contributed by atoms with Crippen molar-refractivity contribution < 1.29 is 9.90 Å². The van der Waals surface area contributed by atoms with Crippen LogP contribution in [0.25, 0.3) is 0 Å². The molecule has 2 N–H and O–H groups in total. The van der Waals surface area contributed by atoms with Crippen LogP contribution in [0.3, 0.4) is 0 Å². The molecule has 1 amide bonds. The van der Waals surface area contributed by atoms with Crippen LogP contribution in [0.2, 0.25) is 0 Å². The van der Waals surface area contributed by atoms with Crippen LogP contribution in [0.15, 0.2) is 60.7 Å². The number of benzene rings is 2. The Labute approximate surface area is 125 Å². The average molecular weight is 283 g/mol. The van der Waals surface area contributed by atoms with Crippen LogP contribution in [0, 0.1) is 0 Å². The molecule has 0 aliphatic rings. The maximum atomic E-state index is 12.1. The molecule has 0 bridgehead atoms. The Morgan fingerprint density at radius 3 is 1.90 bits per heavy atom. The van der Waals surface area contributed by atoms with Crippen LogP contribution in [0.5, 0.6) is 0 Å². The minimum absolute atomic E-state index is 0.0150. The van der Waals surface area contributed by atoms with E-state index in [1.807, 2.05) is 60.7 Å². The van der Waals surface area contributed by atoms with Crippen LogP contribution in [-0.2, 0) is 4.79 Å². The van der Waals surface area contributed by atoms with E-state index in [0.29, 0.717) is 19.3 Å². The van der Waals surface area contributed by atoms with Crippen molar-refractivity contribution in [3.05, 3.63) is 71.8 Å². The monoisotopic (exact) mass is 283 g/mol. The summed E-state index contributed by atoms with van der Waals surface area (Å²) in [6.07, 6.45) is 1.81. The smallest absolute Gasteiger partial charge is 0.220 e. The van der Waals surface area contributed by atoms with E-state index in [4.69, 9.17) is 5.11 Å². The molecule has 0 radical (unpaired) electrons. The van der Waals surface area contributed by atoms with Gasteiger partial charge in [-0.15, -0.1) is 0 Å². The summed E-state index contributed by atoms with van der Waals surface area (Å²) >= 11 is 0. The highest BCUT2D eigenvalue weighted by Gasteiger charge is 2.15.